The minimum absolute atomic E-state index is 0.311. The van der Waals surface area contributed by atoms with Gasteiger partial charge in [0.1, 0.15) is 11.5 Å². The van der Waals surface area contributed by atoms with Gasteiger partial charge in [0.25, 0.3) is 0 Å². The molecule has 0 aliphatic rings. The summed E-state index contributed by atoms with van der Waals surface area (Å²) < 4.78 is 49.3. The summed E-state index contributed by atoms with van der Waals surface area (Å²) in [5.41, 5.74) is 1.57. The molecule has 0 fully saturated rings. The number of fused-ring (bicyclic) bond motifs is 1. The van der Waals surface area contributed by atoms with Crippen LogP contribution in [0.15, 0.2) is 59.6 Å². The van der Waals surface area contributed by atoms with Gasteiger partial charge < -0.3 is 14.2 Å². The first-order chi connectivity index (χ1) is 11.9. The second-order valence-electron chi connectivity index (χ2n) is 4.98. The van der Waals surface area contributed by atoms with Crippen molar-refractivity contribution in [1.82, 2.24) is 4.98 Å². The lowest BCUT2D eigenvalue weighted by atomic mass is 10.2. The number of anilines is 1. The smallest absolute Gasteiger partial charge is 0.496 e. The van der Waals surface area contributed by atoms with Crippen LogP contribution in [-0.2, 0) is 0 Å². The maximum absolute atomic E-state index is 12.4. The Hall–Kier alpha value is -2.61. The first kappa shape index (κ1) is 17.2. The molecule has 0 amide bonds. The molecule has 0 saturated heterocycles. The first-order valence-electron chi connectivity index (χ1n) is 7.16. The van der Waals surface area contributed by atoms with Crippen molar-refractivity contribution < 1.29 is 22.6 Å². The molecule has 0 spiro atoms. The van der Waals surface area contributed by atoms with Crippen molar-refractivity contribution in [3.8, 4) is 11.5 Å². The summed E-state index contributed by atoms with van der Waals surface area (Å²) in [6.45, 7) is 0. The number of methoxy groups -OCH3 is 1. The van der Waals surface area contributed by atoms with Crippen LogP contribution < -0.4 is 14.2 Å². The van der Waals surface area contributed by atoms with Crippen LogP contribution in [0.3, 0.4) is 0 Å². The van der Waals surface area contributed by atoms with E-state index in [-0.39, 0.29) is 5.75 Å². The van der Waals surface area contributed by atoms with E-state index in [0.717, 1.165) is 22.9 Å². The summed E-state index contributed by atoms with van der Waals surface area (Å²) in [5.74, 6) is 0.120. The molecule has 2 aromatic carbocycles. The standard InChI is InChI=1S/C17H13F3N2O2S/c1-23-15-7-6-13(24-17(18,19)20)9-16(15)25-22-12-8-11-4-2-3-5-14(11)21-10-12/h2-10,22H,1H3. The Morgan fingerprint density at radius 2 is 1.88 bits per heavy atom. The van der Waals surface area contributed by atoms with Gasteiger partial charge in [-0.1, -0.05) is 18.2 Å². The molecule has 0 unspecified atom stereocenters. The van der Waals surface area contributed by atoms with Crippen LogP contribution in [-0.4, -0.2) is 18.5 Å². The van der Waals surface area contributed by atoms with Crippen molar-refractivity contribution in [1.29, 1.82) is 0 Å². The van der Waals surface area contributed by atoms with E-state index < -0.39 is 6.36 Å². The molecule has 3 rings (SSSR count). The van der Waals surface area contributed by atoms with Crippen molar-refractivity contribution in [3.05, 3.63) is 54.7 Å². The van der Waals surface area contributed by atoms with E-state index in [0.29, 0.717) is 16.3 Å². The van der Waals surface area contributed by atoms with E-state index in [1.165, 1.54) is 25.3 Å². The topological polar surface area (TPSA) is 43.4 Å². The van der Waals surface area contributed by atoms with Crippen molar-refractivity contribution in [2.45, 2.75) is 11.3 Å². The predicted molar refractivity (Wildman–Crippen MR) is 90.9 cm³/mol. The van der Waals surface area contributed by atoms with E-state index in [1.807, 2.05) is 30.3 Å². The summed E-state index contributed by atoms with van der Waals surface area (Å²) in [7, 11) is 1.45. The number of nitrogens with zero attached hydrogens (tertiary/aromatic N) is 1. The van der Waals surface area contributed by atoms with E-state index in [9.17, 15) is 13.2 Å². The molecule has 130 valence electrons. The van der Waals surface area contributed by atoms with E-state index in [1.54, 1.807) is 6.20 Å². The van der Waals surface area contributed by atoms with Crippen LogP contribution in [0.25, 0.3) is 10.9 Å². The third kappa shape index (κ3) is 4.48. The monoisotopic (exact) mass is 366 g/mol. The summed E-state index contributed by atoms with van der Waals surface area (Å²) in [6.07, 6.45) is -3.09. The average molecular weight is 366 g/mol. The van der Waals surface area contributed by atoms with Gasteiger partial charge in [-0.25, -0.2) is 0 Å². The Labute approximate surface area is 146 Å². The van der Waals surface area contributed by atoms with Gasteiger partial charge in [0.15, 0.2) is 0 Å². The van der Waals surface area contributed by atoms with Gasteiger partial charge >= 0.3 is 6.36 Å². The van der Waals surface area contributed by atoms with E-state index >= 15 is 0 Å². The molecular weight excluding hydrogens is 353 g/mol. The van der Waals surface area contributed by atoms with Crippen LogP contribution in [0.4, 0.5) is 18.9 Å². The van der Waals surface area contributed by atoms with Crippen LogP contribution in [0.5, 0.6) is 11.5 Å². The molecule has 8 heteroatoms. The fraction of sp³-hybridized carbons (Fsp3) is 0.118. The quantitative estimate of drug-likeness (QED) is 0.624. The number of para-hydroxylation sites is 1. The molecular formula is C17H13F3N2O2S. The van der Waals surface area contributed by atoms with E-state index in [2.05, 4.69) is 14.4 Å². The highest BCUT2D eigenvalue weighted by Crippen LogP contribution is 2.35. The van der Waals surface area contributed by atoms with Crippen LogP contribution >= 0.6 is 11.9 Å². The Kier molecular flexibility index (Phi) is 4.89. The number of alkyl halides is 3. The lowest BCUT2D eigenvalue weighted by Gasteiger charge is -2.13. The summed E-state index contributed by atoms with van der Waals surface area (Å²) >= 11 is 1.11. The Balaban J connectivity index is 1.79. The number of aromatic nitrogens is 1. The molecule has 25 heavy (non-hydrogen) atoms. The summed E-state index contributed by atoms with van der Waals surface area (Å²) in [4.78, 5) is 4.78. The molecule has 0 aliphatic carbocycles. The fourth-order valence-corrected chi connectivity index (χ4v) is 2.94. The molecule has 0 saturated carbocycles. The normalized spacial score (nSPS) is 11.4. The van der Waals surface area contributed by atoms with Gasteiger partial charge in [-0.2, -0.15) is 0 Å². The van der Waals surface area contributed by atoms with Crippen molar-refractivity contribution in [3.63, 3.8) is 0 Å². The lowest BCUT2D eigenvalue weighted by molar-refractivity contribution is -0.274. The summed E-state index contributed by atoms with van der Waals surface area (Å²) in [6, 6.07) is 13.4. The number of rotatable bonds is 5. The molecule has 1 heterocycles. The second-order valence-corrected chi connectivity index (χ2v) is 5.83. The third-order valence-electron chi connectivity index (χ3n) is 3.24. The third-order valence-corrected chi connectivity index (χ3v) is 4.11. The molecule has 0 bridgehead atoms. The molecule has 0 radical (unpaired) electrons. The number of pyridine rings is 1. The molecule has 1 N–H and O–H groups in total. The highest BCUT2D eigenvalue weighted by atomic mass is 32.2. The lowest BCUT2D eigenvalue weighted by Crippen LogP contribution is -2.17. The van der Waals surface area contributed by atoms with Crippen LogP contribution in [0.1, 0.15) is 0 Å². The minimum atomic E-state index is -4.74. The molecule has 3 aromatic rings. The van der Waals surface area contributed by atoms with Crippen molar-refractivity contribution in [2.75, 3.05) is 11.8 Å². The maximum atomic E-state index is 12.4. The number of benzene rings is 2. The Morgan fingerprint density at radius 3 is 2.64 bits per heavy atom. The fourth-order valence-electron chi connectivity index (χ4n) is 2.17. The molecule has 0 aliphatic heterocycles. The first-order valence-corrected chi connectivity index (χ1v) is 7.98. The highest BCUT2D eigenvalue weighted by molar-refractivity contribution is 8.00. The van der Waals surface area contributed by atoms with Gasteiger partial charge in [0, 0.05) is 5.39 Å². The zero-order chi connectivity index (χ0) is 17.9. The number of ether oxygens (including phenoxy) is 2. The maximum Gasteiger partial charge on any atom is 0.573 e. The minimum Gasteiger partial charge on any atom is -0.496 e. The predicted octanol–water partition coefficient (Wildman–Crippen LogP) is 5.26. The average Bonchev–Trinajstić information content (AvgIpc) is 2.58. The van der Waals surface area contributed by atoms with Gasteiger partial charge in [-0.15, -0.1) is 13.2 Å². The number of hydrogen-bond acceptors (Lipinski definition) is 5. The van der Waals surface area contributed by atoms with Gasteiger partial charge in [-0.05, 0) is 42.3 Å². The number of hydrogen-bond donors (Lipinski definition) is 1. The molecule has 0 atom stereocenters. The van der Waals surface area contributed by atoms with Crippen LogP contribution in [0, 0.1) is 0 Å². The number of nitrogens with one attached hydrogen (secondary N) is 1. The molecule has 4 nitrogen and oxygen atoms in total. The summed E-state index contributed by atoms with van der Waals surface area (Å²) in [5, 5.41) is 0.953. The van der Waals surface area contributed by atoms with E-state index in [4.69, 9.17) is 4.74 Å². The Bertz CT molecular complexity index is 887. The van der Waals surface area contributed by atoms with Crippen LogP contribution in [0.2, 0.25) is 0 Å². The van der Waals surface area contributed by atoms with Gasteiger partial charge in [-0.3, -0.25) is 4.98 Å². The van der Waals surface area contributed by atoms with Crippen molar-refractivity contribution in [2.24, 2.45) is 0 Å². The Morgan fingerprint density at radius 1 is 1.08 bits per heavy atom. The SMILES string of the molecule is COc1ccc(OC(F)(F)F)cc1SNc1cnc2ccccc2c1. The zero-order valence-electron chi connectivity index (χ0n) is 13.0. The highest BCUT2D eigenvalue weighted by Gasteiger charge is 2.31. The van der Waals surface area contributed by atoms with Gasteiger partial charge in [0.05, 0.1) is 29.4 Å². The largest absolute Gasteiger partial charge is 0.573 e. The van der Waals surface area contributed by atoms with Crippen molar-refractivity contribution >= 4 is 28.5 Å². The van der Waals surface area contributed by atoms with Gasteiger partial charge in [0.2, 0.25) is 0 Å². The number of halogens is 3. The second kappa shape index (κ2) is 7.10. The zero-order valence-corrected chi connectivity index (χ0v) is 13.8. The molecule has 1 aromatic heterocycles.